The average Bonchev–Trinajstić information content (AvgIpc) is 2.65. The molecule has 1 aliphatic rings. The third kappa shape index (κ3) is 5.52. The Bertz CT molecular complexity index is 1060. The zero-order valence-electron chi connectivity index (χ0n) is 18.5. The second-order valence-corrected chi connectivity index (χ2v) is 12.0. The predicted octanol–water partition coefficient (Wildman–Crippen LogP) is 4.63. The first-order valence-corrected chi connectivity index (χ1v) is 12.0. The monoisotopic (exact) mass is 464 g/mol. The van der Waals surface area contributed by atoms with E-state index >= 15 is 0 Å². The molecule has 168 valence electrons. The lowest BCUT2D eigenvalue weighted by Crippen LogP contribution is -2.55. The highest BCUT2D eigenvalue weighted by Crippen LogP contribution is 2.39. The Morgan fingerprint density at radius 2 is 1.77 bits per heavy atom. The van der Waals surface area contributed by atoms with Gasteiger partial charge >= 0.3 is 0 Å². The largest absolute Gasteiger partial charge is 0.476 e. The van der Waals surface area contributed by atoms with Crippen LogP contribution in [0.25, 0.3) is 0 Å². The smallest absolute Gasteiger partial charge is 0.264 e. The molecule has 1 amide bonds. The summed E-state index contributed by atoms with van der Waals surface area (Å²) in [5, 5.41) is 3.40. The van der Waals surface area contributed by atoms with Gasteiger partial charge in [0.05, 0.1) is 17.1 Å². The summed E-state index contributed by atoms with van der Waals surface area (Å²) < 4.78 is 33.9. The number of rotatable bonds is 5. The molecule has 0 bridgehead atoms. The van der Waals surface area contributed by atoms with Crippen LogP contribution in [0.5, 0.6) is 5.75 Å². The molecule has 0 spiro atoms. The molecular weight excluding hydrogens is 436 g/mol. The van der Waals surface area contributed by atoms with Gasteiger partial charge in [-0.1, -0.05) is 50.6 Å². The number of anilines is 1. The van der Waals surface area contributed by atoms with E-state index in [-0.39, 0.29) is 22.8 Å². The van der Waals surface area contributed by atoms with Gasteiger partial charge in [0.2, 0.25) is 0 Å². The Morgan fingerprint density at radius 1 is 1.13 bits per heavy atom. The summed E-state index contributed by atoms with van der Waals surface area (Å²) in [5.74, 6) is -0.0629. The van der Waals surface area contributed by atoms with E-state index in [0.29, 0.717) is 16.5 Å². The number of hydrogen-bond acceptors (Lipinski definition) is 4. The molecule has 0 aliphatic carbocycles. The van der Waals surface area contributed by atoms with Gasteiger partial charge in [-0.25, -0.2) is 8.42 Å². The van der Waals surface area contributed by atoms with Crippen LogP contribution in [0.3, 0.4) is 0 Å². The normalized spacial score (nSPS) is 17.0. The van der Waals surface area contributed by atoms with Crippen molar-refractivity contribution >= 4 is 33.2 Å². The van der Waals surface area contributed by atoms with Gasteiger partial charge in [-0.15, -0.1) is 0 Å². The number of sulfonamides is 1. The lowest BCUT2D eigenvalue weighted by molar-refractivity contribution is -0.129. The van der Waals surface area contributed by atoms with Crippen LogP contribution >= 0.6 is 11.6 Å². The van der Waals surface area contributed by atoms with Crippen molar-refractivity contribution in [3.63, 3.8) is 0 Å². The molecule has 1 aliphatic heterocycles. The highest BCUT2D eigenvalue weighted by molar-refractivity contribution is 7.92. The van der Waals surface area contributed by atoms with Crippen LogP contribution in [0, 0.1) is 5.41 Å². The maximum absolute atomic E-state index is 13.4. The van der Waals surface area contributed by atoms with Crippen molar-refractivity contribution in [1.29, 1.82) is 0 Å². The van der Waals surface area contributed by atoms with Gasteiger partial charge in [-0.2, -0.15) is 0 Å². The zero-order valence-corrected chi connectivity index (χ0v) is 20.0. The first kappa shape index (κ1) is 23.4. The average molecular weight is 465 g/mol. The Labute approximate surface area is 189 Å². The molecular formula is C23H29ClN2O4S. The van der Waals surface area contributed by atoms with Gasteiger partial charge in [-0.3, -0.25) is 9.10 Å². The van der Waals surface area contributed by atoms with Gasteiger partial charge in [0.1, 0.15) is 5.75 Å². The molecule has 1 unspecified atom stereocenters. The van der Waals surface area contributed by atoms with Gasteiger partial charge in [0.25, 0.3) is 15.9 Å². The van der Waals surface area contributed by atoms with E-state index < -0.39 is 21.7 Å². The van der Waals surface area contributed by atoms with E-state index in [1.54, 1.807) is 30.3 Å². The molecule has 1 heterocycles. The molecule has 0 fully saturated rings. The zero-order chi connectivity index (χ0) is 23.0. The quantitative estimate of drug-likeness (QED) is 0.700. The number of ether oxygens (including phenoxy) is 1. The van der Waals surface area contributed by atoms with Crippen molar-refractivity contribution in [1.82, 2.24) is 5.32 Å². The molecule has 0 aromatic heterocycles. The van der Waals surface area contributed by atoms with Crippen LogP contribution < -0.4 is 14.4 Å². The van der Waals surface area contributed by atoms with Crippen molar-refractivity contribution in [2.45, 2.75) is 57.6 Å². The number of benzene rings is 2. The van der Waals surface area contributed by atoms with Crippen LogP contribution in [-0.2, 0) is 14.8 Å². The Morgan fingerprint density at radius 3 is 2.39 bits per heavy atom. The summed E-state index contributed by atoms with van der Waals surface area (Å²) in [6.45, 7) is 10.1. The molecule has 1 atom stereocenters. The topological polar surface area (TPSA) is 75.7 Å². The lowest BCUT2D eigenvalue weighted by atomic mass is 9.81. The summed E-state index contributed by atoms with van der Waals surface area (Å²) in [6.07, 6.45) is -0.247. The van der Waals surface area contributed by atoms with Gasteiger partial charge < -0.3 is 10.1 Å². The first-order valence-electron chi connectivity index (χ1n) is 10.1. The summed E-state index contributed by atoms with van der Waals surface area (Å²) in [4.78, 5) is 13.2. The highest BCUT2D eigenvalue weighted by Gasteiger charge is 2.39. The second-order valence-electron chi connectivity index (χ2n) is 9.68. The van der Waals surface area contributed by atoms with Crippen LogP contribution in [0.1, 0.15) is 41.0 Å². The summed E-state index contributed by atoms with van der Waals surface area (Å²) in [5.41, 5.74) is -0.160. The number of hydrogen-bond donors (Lipinski definition) is 1. The number of halogens is 1. The summed E-state index contributed by atoms with van der Waals surface area (Å²) in [6, 6.07) is 12.8. The van der Waals surface area contributed by atoms with Gasteiger partial charge in [0, 0.05) is 10.6 Å². The van der Waals surface area contributed by atoms with E-state index in [1.807, 2.05) is 13.8 Å². The minimum Gasteiger partial charge on any atom is -0.476 e. The molecule has 6 nitrogen and oxygen atoms in total. The molecule has 2 aromatic rings. The van der Waals surface area contributed by atoms with Crippen molar-refractivity contribution in [3.8, 4) is 5.75 Å². The standard InChI is InChI=1S/C23H29ClN2O4S/c1-22(2,3)15-23(4,5)25-21(27)20-14-26(18-13-16(24)11-12-19(18)30-20)31(28,29)17-9-7-6-8-10-17/h6-13,20H,14-15H2,1-5H3,(H,25,27). The maximum Gasteiger partial charge on any atom is 0.264 e. The second kappa shape index (κ2) is 8.36. The van der Waals surface area contributed by atoms with E-state index in [1.165, 1.54) is 22.5 Å². The predicted molar refractivity (Wildman–Crippen MR) is 123 cm³/mol. The van der Waals surface area contributed by atoms with Crippen LogP contribution in [-0.4, -0.2) is 32.5 Å². The number of amides is 1. The Balaban J connectivity index is 1.94. The minimum atomic E-state index is -3.92. The fraction of sp³-hybridized carbons (Fsp3) is 0.435. The van der Waals surface area contributed by atoms with E-state index in [0.717, 1.165) is 6.42 Å². The van der Waals surface area contributed by atoms with Gasteiger partial charge in [-0.05, 0) is 56.0 Å². The third-order valence-electron chi connectivity index (χ3n) is 4.85. The van der Waals surface area contributed by atoms with Gasteiger partial charge in [0.15, 0.2) is 6.10 Å². The SMILES string of the molecule is CC(C)(C)CC(C)(C)NC(=O)C1CN(S(=O)(=O)c2ccccc2)c2cc(Cl)ccc2O1. The molecule has 8 heteroatoms. The van der Waals surface area contributed by atoms with Crippen molar-refractivity contribution < 1.29 is 17.9 Å². The fourth-order valence-electron chi connectivity index (χ4n) is 4.09. The van der Waals surface area contributed by atoms with Crippen molar-refractivity contribution in [2.24, 2.45) is 5.41 Å². The van der Waals surface area contributed by atoms with Crippen LogP contribution in [0.4, 0.5) is 5.69 Å². The molecule has 3 rings (SSSR count). The molecule has 0 saturated heterocycles. The fourth-order valence-corrected chi connectivity index (χ4v) is 5.75. The van der Waals surface area contributed by atoms with Crippen LogP contribution in [0.15, 0.2) is 53.4 Å². The summed E-state index contributed by atoms with van der Waals surface area (Å²) >= 11 is 6.13. The molecule has 0 radical (unpaired) electrons. The Kier molecular flexibility index (Phi) is 6.31. The number of fused-ring (bicyclic) bond motifs is 1. The third-order valence-corrected chi connectivity index (χ3v) is 6.88. The highest BCUT2D eigenvalue weighted by atomic mass is 35.5. The van der Waals surface area contributed by atoms with E-state index in [4.69, 9.17) is 16.3 Å². The number of carbonyl (C=O) groups is 1. The van der Waals surface area contributed by atoms with E-state index in [2.05, 4.69) is 26.1 Å². The lowest BCUT2D eigenvalue weighted by Gasteiger charge is -2.38. The minimum absolute atomic E-state index is 0.0102. The molecule has 2 aromatic carbocycles. The van der Waals surface area contributed by atoms with E-state index in [9.17, 15) is 13.2 Å². The molecule has 31 heavy (non-hydrogen) atoms. The Hall–Kier alpha value is -2.25. The maximum atomic E-state index is 13.4. The number of nitrogens with one attached hydrogen (secondary N) is 1. The summed E-state index contributed by atoms with van der Waals surface area (Å²) in [7, 11) is -3.92. The molecule has 1 N–H and O–H groups in total. The number of nitrogens with zero attached hydrogens (tertiary/aromatic N) is 1. The number of carbonyl (C=O) groups excluding carboxylic acids is 1. The first-order chi connectivity index (χ1) is 14.3. The van der Waals surface area contributed by atoms with Crippen LogP contribution in [0.2, 0.25) is 5.02 Å². The van der Waals surface area contributed by atoms with Crippen molar-refractivity contribution in [3.05, 3.63) is 53.6 Å². The van der Waals surface area contributed by atoms with Crippen molar-refractivity contribution in [2.75, 3.05) is 10.8 Å². The molecule has 0 saturated carbocycles.